The van der Waals surface area contributed by atoms with E-state index in [1.165, 1.54) is 0 Å². The Bertz CT molecular complexity index is 341. The van der Waals surface area contributed by atoms with Gasteiger partial charge in [-0.1, -0.05) is 22.0 Å². The Morgan fingerprint density at radius 3 is 2.62 bits per heavy atom. The highest BCUT2D eigenvalue weighted by molar-refractivity contribution is 9.08. The van der Waals surface area contributed by atoms with E-state index in [1.807, 2.05) is 12.1 Å². The average Bonchev–Trinajstić information content (AvgIpc) is 2.36. The molecule has 0 atom stereocenters. The highest BCUT2D eigenvalue weighted by Gasteiger charge is 2.37. The monoisotopic (exact) mass is 282 g/mol. The van der Waals surface area contributed by atoms with Crippen molar-refractivity contribution >= 4 is 39.1 Å². The summed E-state index contributed by atoms with van der Waals surface area (Å²) in [5, 5.41) is 0.751. The van der Waals surface area contributed by atoms with Gasteiger partial charge in [0, 0.05) is 5.33 Å². The van der Waals surface area contributed by atoms with Crippen LogP contribution in [0.4, 0.5) is 0 Å². The van der Waals surface area contributed by atoms with Gasteiger partial charge in [-0.15, -0.1) is 0 Å². The van der Waals surface area contributed by atoms with Crippen molar-refractivity contribution in [1.82, 2.24) is 0 Å². The number of benzene rings is 1. The Kier molecular flexibility index (Phi) is 2.34. The minimum absolute atomic E-state index is 0.565. The first-order valence-electron chi connectivity index (χ1n) is 3.55. The second kappa shape index (κ2) is 3.23. The smallest absolute Gasteiger partial charge is 0.419 e. The van der Waals surface area contributed by atoms with Gasteiger partial charge in [0.1, 0.15) is 0 Å². The maximum absolute atomic E-state index is 5.64. The fourth-order valence-corrected chi connectivity index (χ4v) is 1.76. The molecule has 5 heteroatoms. The Labute approximate surface area is 93.9 Å². The van der Waals surface area contributed by atoms with Crippen LogP contribution in [0.2, 0.25) is 0 Å². The second-order valence-electron chi connectivity index (χ2n) is 2.58. The number of hydrogen-bond donors (Lipinski definition) is 0. The van der Waals surface area contributed by atoms with Crippen molar-refractivity contribution in [3.05, 3.63) is 23.8 Å². The molecule has 0 fully saturated rings. The molecule has 0 N–H and O–H groups in total. The van der Waals surface area contributed by atoms with E-state index in [0.29, 0.717) is 11.5 Å². The van der Waals surface area contributed by atoms with Crippen LogP contribution in [0.3, 0.4) is 0 Å². The molecule has 1 aliphatic rings. The van der Waals surface area contributed by atoms with Gasteiger partial charge < -0.3 is 9.47 Å². The van der Waals surface area contributed by atoms with Crippen LogP contribution in [0.15, 0.2) is 18.2 Å². The van der Waals surface area contributed by atoms with Gasteiger partial charge in [-0.05, 0) is 40.9 Å². The fourth-order valence-electron chi connectivity index (χ4n) is 1.08. The van der Waals surface area contributed by atoms with E-state index in [9.17, 15) is 0 Å². The molecular weight excluding hydrogens is 279 g/mol. The van der Waals surface area contributed by atoms with Gasteiger partial charge in [0.05, 0.1) is 0 Å². The zero-order chi connectivity index (χ0) is 9.47. The maximum atomic E-state index is 5.64. The lowest BCUT2D eigenvalue weighted by Gasteiger charge is -2.09. The van der Waals surface area contributed by atoms with Crippen LogP contribution in [0.5, 0.6) is 11.5 Å². The molecule has 1 aromatic carbocycles. The van der Waals surface area contributed by atoms with Crippen LogP contribution in [-0.2, 0) is 5.33 Å². The van der Waals surface area contributed by atoms with Crippen molar-refractivity contribution in [1.29, 1.82) is 0 Å². The molecule has 0 saturated carbocycles. The van der Waals surface area contributed by atoms with Gasteiger partial charge in [-0.3, -0.25) is 0 Å². The second-order valence-corrected chi connectivity index (χ2v) is 4.33. The highest BCUT2D eigenvalue weighted by Crippen LogP contribution is 2.43. The van der Waals surface area contributed by atoms with Crippen LogP contribution in [0, 0.1) is 0 Å². The molecule has 1 aromatic rings. The van der Waals surface area contributed by atoms with Crippen molar-refractivity contribution in [3.63, 3.8) is 0 Å². The van der Waals surface area contributed by atoms with Crippen molar-refractivity contribution < 1.29 is 9.47 Å². The molecule has 0 bridgehead atoms. The van der Waals surface area contributed by atoms with E-state index >= 15 is 0 Å². The summed E-state index contributed by atoms with van der Waals surface area (Å²) in [6.07, 6.45) is 0. The quantitative estimate of drug-likeness (QED) is 0.735. The summed E-state index contributed by atoms with van der Waals surface area (Å²) in [5.74, 6) is 1.14. The first-order valence-corrected chi connectivity index (χ1v) is 5.43. The summed E-state index contributed by atoms with van der Waals surface area (Å²) in [6.45, 7) is 0. The first kappa shape index (κ1) is 9.44. The molecule has 13 heavy (non-hydrogen) atoms. The van der Waals surface area contributed by atoms with Gasteiger partial charge in [0.2, 0.25) is 0 Å². The van der Waals surface area contributed by atoms with Gasteiger partial charge in [-0.2, -0.15) is 0 Å². The molecular formula is C8H5BrCl2O2. The van der Waals surface area contributed by atoms with Gasteiger partial charge in [0.15, 0.2) is 11.5 Å². The summed E-state index contributed by atoms with van der Waals surface area (Å²) in [4.78, 5) is 0. The lowest BCUT2D eigenvalue weighted by atomic mass is 10.2. The molecule has 0 unspecified atom stereocenters. The molecule has 2 rings (SSSR count). The summed E-state index contributed by atoms with van der Waals surface area (Å²) >= 11 is 14.6. The minimum atomic E-state index is -1.58. The third-order valence-corrected chi connectivity index (χ3v) is 2.58. The van der Waals surface area contributed by atoms with Crippen LogP contribution in [0.25, 0.3) is 0 Å². The zero-order valence-electron chi connectivity index (χ0n) is 6.39. The van der Waals surface area contributed by atoms with Crippen LogP contribution in [-0.4, -0.2) is 4.71 Å². The highest BCUT2D eigenvalue weighted by atomic mass is 79.9. The standard InChI is InChI=1S/C8H5BrCl2O2/c9-4-5-1-2-6-7(3-5)13-8(10,11)12-6/h1-3H,4H2. The minimum Gasteiger partial charge on any atom is -0.423 e. The number of alkyl halides is 3. The summed E-state index contributed by atoms with van der Waals surface area (Å²) in [6, 6.07) is 5.52. The molecule has 2 nitrogen and oxygen atoms in total. The van der Waals surface area contributed by atoms with E-state index in [1.54, 1.807) is 6.07 Å². The van der Waals surface area contributed by atoms with Gasteiger partial charge in [-0.25, -0.2) is 0 Å². The predicted octanol–water partition coefficient (Wildman–Crippen LogP) is 3.44. The van der Waals surface area contributed by atoms with Gasteiger partial charge in [0.25, 0.3) is 0 Å². The van der Waals surface area contributed by atoms with E-state index in [-0.39, 0.29) is 0 Å². The molecule has 70 valence electrons. The lowest BCUT2D eigenvalue weighted by molar-refractivity contribution is 0.0849. The molecule has 0 amide bonds. The van der Waals surface area contributed by atoms with Crippen molar-refractivity contribution in [2.75, 3.05) is 0 Å². The Balaban J connectivity index is 2.36. The maximum Gasteiger partial charge on any atom is 0.419 e. The molecule has 0 spiro atoms. The molecule has 0 aromatic heterocycles. The average molecular weight is 284 g/mol. The normalized spacial score (nSPS) is 17.5. The van der Waals surface area contributed by atoms with Crippen molar-refractivity contribution in [2.24, 2.45) is 0 Å². The fraction of sp³-hybridized carbons (Fsp3) is 0.250. The number of ether oxygens (including phenoxy) is 2. The van der Waals surface area contributed by atoms with Crippen molar-refractivity contribution in [2.45, 2.75) is 10.0 Å². The Morgan fingerprint density at radius 2 is 1.92 bits per heavy atom. The first-order chi connectivity index (χ1) is 6.11. The van der Waals surface area contributed by atoms with E-state index < -0.39 is 4.71 Å². The predicted molar refractivity (Wildman–Crippen MR) is 54.8 cm³/mol. The van der Waals surface area contributed by atoms with Crippen LogP contribution < -0.4 is 9.47 Å². The number of halogens is 3. The third kappa shape index (κ3) is 1.87. The van der Waals surface area contributed by atoms with E-state index in [0.717, 1.165) is 10.9 Å². The molecule has 0 radical (unpaired) electrons. The summed E-state index contributed by atoms with van der Waals surface area (Å²) in [5.41, 5.74) is 1.08. The topological polar surface area (TPSA) is 18.5 Å². The molecule has 0 aliphatic carbocycles. The Hall–Kier alpha value is -0.120. The Morgan fingerprint density at radius 1 is 1.23 bits per heavy atom. The molecule has 0 saturated heterocycles. The van der Waals surface area contributed by atoms with E-state index in [4.69, 9.17) is 32.7 Å². The SMILES string of the molecule is ClC1(Cl)Oc2ccc(CBr)cc2O1. The molecule has 1 heterocycles. The van der Waals surface area contributed by atoms with Crippen molar-refractivity contribution in [3.8, 4) is 11.5 Å². The largest absolute Gasteiger partial charge is 0.423 e. The number of fused-ring (bicyclic) bond motifs is 1. The zero-order valence-corrected chi connectivity index (χ0v) is 9.49. The van der Waals surface area contributed by atoms with Gasteiger partial charge >= 0.3 is 4.71 Å². The molecule has 1 aliphatic heterocycles. The number of hydrogen-bond acceptors (Lipinski definition) is 2. The number of rotatable bonds is 1. The third-order valence-electron chi connectivity index (χ3n) is 1.62. The van der Waals surface area contributed by atoms with Crippen LogP contribution >= 0.6 is 39.1 Å². The van der Waals surface area contributed by atoms with E-state index in [2.05, 4.69) is 15.9 Å². The van der Waals surface area contributed by atoms with Crippen LogP contribution in [0.1, 0.15) is 5.56 Å². The summed E-state index contributed by atoms with van der Waals surface area (Å²) in [7, 11) is 0. The summed E-state index contributed by atoms with van der Waals surface area (Å²) < 4.78 is 8.64. The lowest BCUT2D eigenvalue weighted by Crippen LogP contribution is -2.22.